The smallest absolute Gasteiger partial charge is 0.161 e. The molecule has 0 aliphatic carbocycles. The molecule has 0 amide bonds. The summed E-state index contributed by atoms with van der Waals surface area (Å²) in [5.41, 5.74) is 4.34. The lowest BCUT2D eigenvalue weighted by molar-refractivity contribution is 0.627. The van der Waals surface area contributed by atoms with Gasteiger partial charge in [0.25, 0.3) is 0 Å². The molecule has 2 heterocycles. The lowest BCUT2D eigenvalue weighted by Gasteiger charge is -2.18. The number of halogens is 1. The molecule has 18 heavy (non-hydrogen) atoms. The third-order valence-electron chi connectivity index (χ3n) is 3.27. The minimum Gasteiger partial charge on any atom is -0.312 e. The second kappa shape index (κ2) is 4.67. The minimum absolute atomic E-state index is 0.574. The molecular weight excluding hydrogens is 246 g/mol. The first-order valence-electron chi connectivity index (χ1n) is 6.07. The monoisotopic (exact) mass is 259 g/mol. The average Bonchev–Trinajstić information content (AvgIpc) is 2.39. The van der Waals surface area contributed by atoms with Gasteiger partial charge in [-0.1, -0.05) is 35.9 Å². The summed E-state index contributed by atoms with van der Waals surface area (Å²) in [5.74, 6) is 0.735. The summed E-state index contributed by atoms with van der Waals surface area (Å²) in [5, 5.41) is 3.86. The van der Waals surface area contributed by atoms with Gasteiger partial charge in [0.1, 0.15) is 5.15 Å². The normalized spacial score (nSPS) is 14.3. The first kappa shape index (κ1) is 11.6. The fraction of sp³-hybridized carbons (Fsp3) is 0.286. The minimum atomic E-state index is 0.574. The Bertz CT molecular complexity index is 596. The van der Waals surface area contributed by atoms with Crippen molar-refractivity contribution in [3.63, 3.8) is 0 Å². The van der Waals surface area contributed by atoms with Crippen LogP contribution in [0.3, 0.4) is 0 Å². The Morgan fingerprint density at radius 2 is 2.06 bits per heavy atom. The second-order valence-corrected chi connectivity index (χ2v) is 4.86. The number of benzene rings is 1. The van der Waals surface area contributed by atoms with Crippen LogP contribution in [0.15, 0.2) is 24.3 Å². The van der Waals surface area contributed by atoms with E-state index in [0.29, 0.717) is 5.15 Å². The number of aromatic nitrogens is 2. The van der Waals surface area contributed by atoms with Gasteiger partial charge in [-0.25, -0.2) is 9.97 Å². The first-order chi connectivity index (χ1) is 8.75. The molecule has 92 valence electrons. The van der Waals surface area contributed by atoms with Crippen molar-refractivity contribution >= 4 is 11.6 Å². The summed E-state index contributed by atoms with van der Waals surface area (Å²) in [4.78, 5) is 9.10. The van der Waals surface area contributed by atoms with Crippen LogP contribution in [0.4, 0.5) is 0 Å². The van der Waals surface area contributed by atoms with Crippen LogP contribution in [0.5, 0.6) is 0 Å². The number of aryl methyl sites for hydroxylation is 1. The Morgan fingerprint density at radius 1 is 1.22 bits per heavy atom. The molecule has 1 N–H and O–H groups in total. The molecule has 1 aliphatic rings. The molecule has 0 saturated heterocycles. The molecule has 1 aromatic heterocycles. The van der Waals surface area contributed by atoms with Crippen LogP contribution in [0.25, 0.3) is 11.4 Å². The number of hydrogen-bond donors (Lipinski definition) is 1. The van der Waals surface area contributed by atoms with Crippen molar-refractivity contribution in [1.29, 1.82) is 0 Å². The molecule has 0 bridgehead atoms. The lowest BCUT2D eigenvalue weighted by atomic mass is 10.1. The van der Waals surface area contributed by atoms with E-state index in [0.717, 1.165) is 42.2 Å². The third-order valence-corrected chi connectivity index (χ3v) is 3.58. The van der Waals surface area contributed by atoms with Crippen molar-refractivity contribution in [3.05, 3.63) is 46.2 Å². The van der Waals surface area contributed by atoms with Crippen LogP contribution in [-0.2, 0) is 13.0 Å². The molecule has 0 fully saturated rings. The molecule has 2 aromatic rings. The molecule has 0 atom stereocenters. The van der Waals surface area contributed by atoms with Gasteiger partial charge in [-0.15, -0.1) is 0 Å². The molecule has 0 unspecified atom stereocenters. The summed E-state index contributed by atoms with van der Waals surface area (Å²) in [6.07, 6.45) is 0.913. The van der Waals surface area contributed by atoms with Crippen LogP contribution in [0.1, 0.15) is 16.8 Å². The summed E-state index contributed by atoms with van der Waals surface area (Å²) in [6, 6.07) is 8.12. The van der Waals surface area contributed by atoms with Gasteiger partial charge in [0.15, 0.2) is 5.82 Å². The zero-order valence-electron chi connectivity index (χ0n) is 10.2. The van der Waals surface area contributed by atoms with E-state index in [2.05, 4.69) is 28.3 Å². The molecule has 4 heteroatoms. The van der Waals surface area contributed by atoms with E-state index in [1.54, 1.807) is 0 Å². The largest absolute Gasteiger partial charge is 0.312 e. The van der Waals surface area contributed by atoms with Crippen LogP contribution in [0, 0.1) is 6.92 Å². The maximum Gasteiger partial charge on any atom is 0.161 e. The van der Waals surface area contributed by atoms with E-state index in [1.165, 1.54) is 5.56 Å². The number of nitrogens with one attached hydrogen (secondary N) is 1. The maximum absolute atomic E-state index is 6.26. The van der Waals surface area contributed by atoms with Crippen LogP contribution in [0.2, 0.25) is 5.15 Å². The van der Waals surface area contributed by atoms with Gasteiger partial charge in [0, 0.05) is 30.6 Å². The highest BCUT2D eigenvalue weighted by Crippen LogP contribution is 2.26. The zero-order chi connectivity index (χ0) is 12.5. The maximum atomic E-state index is 6.26. The Balaban J connectivity index is 2.14. The highest BCUT2D eigenvalue weighted by atomic mass is 35.5. The van der Waals surface area contributed by atoms with E-state index in [1.807, 2.05) is 18.2 Å². The van der Waals surface area contributed by atoms with E-state index < -0.39 is 0 Å². The van der Waals surface area contributed by atoms with Crippen molar-refractivity contribution in [2.75, 3.05) is 6.54 Å². The zero-order valence-corrected chi connectivity index (χ0v) is 11.0. The standard InChI is InChI=1S/C14H14ClN3/c1-9-4-2-3-5-10(9)14-17-12-6-7-16-8-11(12)13(15)18-14/h2-5,16H,6-8H2,1H3. The topological polar surface area (TPSA) is 37.8 Å². The Morgan fingerprint density at radius 3 is 2.89 bits per heavy atom. The van der Waals surface area contributed by atoms with Gasteiger partial charge in [-0.05, 0) is 12.5 Å². The Labute approximate surface area is 111 Å². The first-order valence-corrected chi connectivity index (χ1v) is 6.45. The third kappa shape index (κ3) is 2.00. The Kier molecular flexibility index (Phi) is 3.02. The lowest BCUT2D eigenvalue weighted by Crippen LogP contribution is -2.25. The predicted octanol–water partition coefficient (Wildman–Crippen LogP) is 2.75. The number of hydrogen-bond acceptors (Lipinski definition) is 3. The highest BCUT2D eigenvalue weighted by molar-refractivity contribution is 6.30. The van der Waals surface area contributed by atoms with E-state index >= 15 is 0 Å². The van der Waals surface area contributed by atoms with E-state index in [-0.39, 0.29) is 0 Å². The van der Waals surface area contributed by atoms with Crippen molar-refractivity contribution in [2.24, 2.45) is 0 Å². The van der Waals surface area contributed by atoms with Crippen molar-refractivity contribution in [1.82, 2.24) is 15.3 Å². The van der Waals surface area contributed by atoms with Gasteiger partial charge in [0.05, 0.1) is 5.69 Å². The number of rotatable bonds is 1. The van der Waals surface area contributed by atoms with Gasteiger partial charge in [0.2, 0.25) is 0 Å². The molecule has 0 spiro atoms. The summed E-state index contributed by atoms with van der Waals surface area (Å²) in [6.45, 7) is 3.78. The number of nitrogens with zero attached hydrogens (tertiary/aromatic N) is 2. The molecule has 3 nitrogen and oxygen atoms in total. The van der Waals surface area contributed by atoms with Crippen LogP contribution < -0.4 is 5.32 Å². The predicted molar refractivity (Wildman–Crippen MR) is 72.6 cm³/mol. The molecule has 1 aromatic carbocycles. The van der Waals surface area contributed by atoms with Gasteiger partial charge >= 0.3 is 0 Å². The van der Waals surface area contributed by atoms with E-state index in [4.69, 9.17) is 11.6 Å². The summed E-state index contributed by atoms with van der Waals surface area (Å²) < 4.78 is 0. The number of fused-ring (bicyclic) bond motifs is 1. The average molecular weight is 260 g/mol. The Hall–Kier alpha value is -1.45. The SMILES string of the molecule is Cc1ccccc1-c1nc(Cl)c2c(n1)CCNC2. The van der Waals surface area contributed by atoms with E-state index in [9.17, 15) is 0 Å². The fourth-order valence-corrected chi connectivity index (χ4v) is 2.50. The van der Waals surface area contributed by atoms with Crippen molar-refractivity contribution in [3.8, 4) is 11.4 Å². The fourth-order valence-electron chi connectivity index (χ4n) is 2.25. The molecule has 3 rings (SSSR count). The van der Waals surface area contributed by atoms with Gasteiger partial charge in [-0.2, -0.15) is 0 Å². The molecule has 0 saturated carbocycles. The highest BCUT2D eigenvalue weighted by Gasteiger charge is 2.17. The quantitative estimate of drug-likeness (QED) is 0.801. The van der Waals surface area contributed by atoms with Gasteiger partial charge < -0.3 is 5.32 Å². The molecule has 1 aliphatic heterocycles. The van der Waals surface area contributed by atoms with Crippen LogP contribution >= 0.6 is 11.6 Å². The molecular formula is C14H14ClN3. The van der Waals surface area contributed by atoms with Crippen molar-refractivity contribution in [2.45, 2.75) is 19.9 Å². The van der Waals surface area contributed by atoms with Crippen molar-refractivity contribution < 1.29 is 0 Å². The van der Waals surface area contributed by atoms with Crippen LogP contribution in [-0.4, -0.2) is 16.5 Å². The summed E-state index contributed by atoms with van der Waals surface area (Å²) >= 11 is 6.26. The molecule has 0 radical (unpaired) electrons. The second-order valence-electron chi connectivity index (χ2n) is 4.50. The summed E-state index contributed by atoms with van der Waals surface area (Å²) in [7, 11) is 0. The van der Waals surface area contributed by atoms with Gasteiger partial charge in [-0.3, -0.25) is 0 Å².